The standard InChI is InChI=1S/C18H33N5O2.HI/c1-4-16(24)23-11-8-15(13-23)21-18(19-3)20-9-7-17(25)22-10-5-6-14(2)12-22;/h14-15H,4-13H2,1-3H3,(H2,19,20,21);1H. The van der Waals surface area contributed by atoms with Gasteiger partial charge in [0.1, 0.15) is 0 Å². The molecule has 2 heterocycles. The van der Waals surface area contributed by atoms with Crippen LogP contribution in [0.1, 0.15) is 46.0 Å². The summed E-state index contributed by atoms with van der Waals surface area (Å²) in [6.07, 6.45) is 4.29. The first kappa shape index (κ1) is 23.0. The Balaban J connectivity index is 0.00000338. The Morgan fingerprint density at radius 3 is 2.50 bits per heavy atom. The lowest BCUT2D eigenvalue weighted by Gasteiger charge is -2.31. The molecule has 2 rings (SSSR count). The number of halogens is 1. The first-order chi connectivity index (χ1) is 12.0. The van der Waals surface area contributed by atoms with Gasteiger partial charge in [0.05, 0.1) is 0 Å². The van der Waals surface area contributed by atoms with E-state index in [1.54, 1.807) is 7.05 Å². The summed E-state index contributed by atoms with van der Waals surface area (Å²) in [6, 6.07) is 0.223. The van der Waals surface area contributed by atoms with Crippen molar-refractivity contribution < 1.29 is 9.59 Å². The van der Waals surface area contributed by atoms with Gasteiger partial charge in [-0.3, -0.25) is 14.6 Å². The Morgan fingerprint density at radius 2 is 1.85 bits per heavy atom. The molecule has 0 bridgehead atoms. The fourth-order valence-electron chi connectivity index (χ4n) is 3.58. The summed E-state index contributed by atoms with van der Waals surface area (Å²) < 4.78 is 0. The molecular weight excluding hydrogens is 445 g/mol. The highest BCUT2D eigenvalue weighted by molar-refractivity contribution is 14.0. The molecule has 150 valence electrons. The lowest BCUT2D eigenvalue weighted by atomic mass is 10.00. The maximum atomic E-state index is 12.3. The van der Waals surface area contributed by atoms with E-state index in [1.165, 1.54) is 6.42 Å². The average molecular weight is 479 g/mol. The van der Waals surface area contributed by atoms with E-state index >= 15 is 0 Å². The largest absolute Gasteiger partial charge is 0.356 e. The van der Waals surface area contributed by atoms with Crippen LogP contribution in [-0.4, -0.2) is 73.4 Å². The number of amides is 2. The molecule has 0 aromatic heterocycles. The Kier molecular flexibility index (Phi) is 10.3. The van der Waals surface area contributed by atoms with Gasteiger partial charge in [0, 0.05) is 58.7 Å². The summed E-state index contributed by atoms with van der Waals surface area (Å²) in [6.45, 7) is 7.97. The van der Waals surface area contributed by atoms with E-state index in [4.69, 9.17) is 0 Å². The van der Waals surface area contributed by atoms with Crippen LogP contribution < -0.4 is 10.6 Å². The third-order valence-electron chi connectivity index (χ3n) is 5.05. The molecule has 2 N–H and O–H groups in total. The van der Waals surface area contributed by atoms with Gasteiger partial charge < -0.3 is 20.4 Å². The van der Waals surface area contributed by atoms with Crippen molar-refractivity contribution in [2.24, 2.45) is 10.9 Å². The van der Waals surface area contributed by atoms with Crippen LogP contribution in [-0.2, 0) is 9.59 Å². The number of hydrogen-bond acceptors (Lipinski definition) is 3. The number of rotatable bonds is 5. The molecule has 0 saturated carbocycles. The van der Waals surface area contributed by atoms with Crippen molar-refractivity contribution in [3.63, 3.8) is 0 Å². The van der Waals surface area contributed by atoms with E-state index in [0.29, 0.717) is 31.3 Å². The van der Waals surface area contributed by atoms with E-state index in [9.17, 15) is 9.59 Å². The summed E-state index contributed by atoms with van der Waals surface area (Å²) in [7, 11) is 1.73. The number of carbonyl (C=O) groups excluding carboxylic acids is 2. The zero-order valence-corrected chi connectivity index (χ0v) is 18.6. The number of aliphatic imine (C=N–C) groups is 1. The summed E-state index contributed by atoms with van der Waals surface area (Å²) in [5.74, 6) is 1.73. The number of nitrogens with one attached hydrogen (secondary N) is 2. The van der Waals surface area contributed by atoms with Gasteiger partial charge in [-0.2, -0.15) is 0 Å². The third-order valence-corrected chi connectivity index (χ3v) is 5.05. The average Bonchev–Trinajstić information content (AvgIpc) is 3.08. The van der Waals surface area contributed by atoms with E-state index in [-0.39, 0.29) is 41.8 Å². The lowest BCUT2D eigenvalue weighted by Crippen LogP contribution is -2.46. The van der Waals surface area contributed by atoms with Gasteiger partial charge in [0.25, 0.3) is 0 Å². The molecule has 2 unspecified atom stereocenters. The Hall–Kier alpha value is -1.06. The molecule has 0 radical (unpaired) electrons. The van der Waals surface area contributed by atoms with Crippen molar-refractivity contribution in [2.45, 2.75) is 52.0 Å². The SMILES string of the molecule is CCC(=O)N1CCC(NC(=NC)NCCC(=O)N2CCCC(C)C2)C1.I. The predicted molar refractivity (Wildman–Crippen MR) is 115 cm³/mol. The fourth-order valence-corrected chi connectivity index (χ4v) is 3.58. The number of nitrogens with zero attached hydrogens (tertiary/aromatic N) is 3. The number of hydrogen-bond donors (Lipinski definition) is 2. The van der Waals surface area contributed by atoms with Gasteiger partial charge in [0.15, 0.2) is 5.96 Å². The first-order valence-electron chi connectivity index (χ1n) is 9.56. The zero-order chi connectivity index (χ0) is 18.2. The van der Waals surface area contributed by atoms with Crippen molar-refractivity contribution in [1.29, 1.82) is 0 Å². The molecule has 2 fully saturated rings. The monoisotopic (exact) mass is 479 g/mol. The fraction of sp³-hybridized carbons (Fsp3) is 0.833. The maximum absolute atomic E-state index is 12.3. The minimum absolute atomic E-state index is 0. The third kappa shape index (κ3) is 6.92. The van der Waals surface area contributed by atoms with Gasteiger partial charge in [-0.15, -0.1) is 24.0 Å². The predicted octanol–water partition coefficient (Wildman–Crippen LogP) is 1.43. The van der Waals surface area contributed by atoms with Crippen LogP contribution in [0.3, 0.4) is 0 Å². The second kappa shape index (κ2) is 11.6. The molecule has 2 atom stereocenters. The second-order valence-corrected chi connectivity index (χ2v) is 7.16. The van der Waals surface area contributed by atoms with E-state index in [1.807, 2.05) is 16.7 Å². The van der Waals surface area contributed by atoms with Gasteiger partial charge in [-0.25, -0.2) is 0 Å². The molecule has 2 aliphatic rings. The number of piperidine rings is 1. The van der Waals surface area contributed by atoms with Crippen molar-refractivity contribution in [3.05, 3.63) is 0 Å². The molecule has 7 nitrogen and oxygen atoms in total. The normalized spacial score (nSPS) is 23.4. The number of guanidine groups is 1. The van der Waals surface area contributed by atoms with Crippen LogP contribution in [0.2, 0.25) is 0 Å². The molecule has 0 aromatic rings. The van der Waals surface area contributed by atoms with Crippen LogP contribution in [0.15, 0.2) is 4.99 Å². The summed E-state index contributed by atoms with van der Waals surface area (Å²) in [5, 5.41) is 6.58. The highest BCUT2D eigenvalue weighted by Crippen LogP contribution is 2.16. The Morgan fingerprint density at radius 1 is 1.12 bits per heavy atom. The van der Waals surface area contributed by atoms with E-state index in [0.717, 1.165) is 39.0 Å². The van der Waals surface area contributed by atoms with Crippen molar-refractivity contribution in [3.8, 4) is 0 Å². The molecular formula is C18H34IN5O2. The molecule has 0 spiro atoms. The first-order valence-corrected chi connectivity index (χ1v) is 9.56. The second-order valence-electron chi connectivity index (χ2n) is 7.16. The van der Waals surface area contributed by atoms with E-state index < -0.39 is 0 Å². The van der Waals surface area contributed by atoms with Gasteiger partial charge in [-0.05, 0) is 25.2 Å². The van der Waals surface area contributed by atoms with Crippen LogP contribution in [0.4, 0.5) is 0 Å². The number of carbonyl (C=O) groups is 2. The molecule has 0 aromatic carbocycles. The van der Waals surface area contributed by atoms with E-state index in [2.05, 4.69) is 22.5 Å². The van der Waals surface area contributed by atoms with Crippen LogP contribution >= 0.6 is 24.0 Å². The van der Waals surface area contributed by atoms with Crippen LogP contribution in [0.25, 0.3) is 0 Å². The van der Waals surface area contributed by atoms with Crippen LogP contribution in [0, 0.1) is 5.92 Å². The molecule has 0 aliphatic carbocycles. The minimum Gasteiger partial charge on any atom is -0.356 e. The highest BCUT2D eigenvalue weighted by Gasteiger charge is 2.26. The van der Waals surface area contributed by atoms with Crippen molar-refractivity contribution in [1.82, 2.24) is 20.4 Å². The highest BCUT2D eigenvalue weighted by atomic mass is 127. The summed E-state index contributed by atoms with van der Waals surface area (Å²) >= 11 is 0. The van der Waals surface area contributed by atoms with Gasteiger partial charge >= 0.3 is 0 Å². The topological polar surface area (TPSA) is 77.0 Å². The van der Waals surface area contributed by atoms with Crippen molar-refractivity contribution in [2.75, 3.05) is 39.8 Å². The summed E-state index contributed by atoms with van der Waals surface area (Å²) in [4.78, 5) is 32.1. The molecule has 2 saturated heterocycles. The molecule has 2 aliphatic heterocycles. The lowest BCUT2D eigenvalue weighted by molar-refractivity contribution is -0.132. The number of likely N-dealkylation sites (tertiary alicyclic amines) is 2. The van der Waals surface area contributed by atoms with Crippen molar-refractivity contribution >= 4 is 41.8 Å². The summed E-state index contributed by atoms with van der Waals surface area (Å²) in [5.41, 5.74) is 0. The zero-order valence-electron chi connectivity index (χ0n) is 16.3. The quantitative estimate of drug-likeness (QED) is 0.356. The van der Waals surface area contributed by atoms with Gasteiger partial charge in [-0.1, -0.05) is 13.8 Å². The molecule has 2 amide bonds. The van der Waals surface area contributed by atoms with Gasteiger partial charge in [0.2, 0.25) is 11.8 Å². The molecule has 26 heavy (non-hydrogen) atoms. The Labute approximate surface area is 174 Å². The maximum Gasteiger partial charge on any atom is 0.224 e. The Bertz CT molecular complexity index is 500. The minimum atomic E-state index is 0. The smallest absolute Gasteiger partial charge is 0.224 e. The van der Waals surface area contributed by atoms with Crippen LogP contribution in [0.5, 0.6) is 0 Å². The molecule has 8 heteroatoms.